The topological polar surface area (TPSA) is 58.6 Å². The van der Waals surface area contributed by atoms with Gasteiger partial charge in [0.25, 0.3) is 5.56 Å². The lowest BCUT2D eigenvalue weighted by molar-refractivity contribution is 1.03. The number of hydrogen-bond donors (Lipinski definition) is 1. The van der Waals surface area contributed by atoms with E-state index in [0.717, 1.165) is 27.0 Å². The van der Waals surface area contributed by atoms with E-state index in [2.05, 4.69) is 21.0 Å². The molecule has 0 bridgehead atoms. The van der Waals surface area contributed by atoms with Gasteiger partial charge in [-0.1, -0.05) is 48.2 Å². The molecule has 118 valence electrons. The molecular formula is C19H15N3OS. The van der Waals surface area contributed by atoms with Crippen LogP contribution in [0.4, 0.5) is 0 Å². The predicted octanol–water partition coefficient (Wildman–Crippen LogP) is 4.07. The van der Waals surface area contributed by atoms with Gasteiger partial charge >= 0.3 is 0 Å². The minimum atomic E-state index is -0.0919. The number of H-pyrrole nitrogens is 1. The summed E-state index contributed by atoms with van der Waals surface area (Å²) in [6, 6.07) is 17.7. The number of rotatable bonds is 3. The maximum atomic E-state index is 12.2. The molecule has 0 radical (unpaired) electrons. The molecule has 1 N–H and O–H groups in total. The SMILES string of the molecule is Cc1cccc2c(=O)[nH]c(CSc3ccc4ccccc4n3)nc12. The molecule has 0 amide bonds. The van der Waals surface area contributed by atoms with Crippen molar-refractivity contribution in [3.05, 3.63) is 76.3 Å². The molecule has 4 rings (SSSR count). The highest BCUT2D eigenvalue weighted by atomic mass is 32.2. The van der Waals surface area contributed by atoms with Gasteiger partial charge in [0.05, 0.1) is 27.2 Å². The number of aryl methyl sites for hydroxylation is 1. The standard InChI is InChI=1S/C19H15N3OS/c1-12-5-4-7-14-18(12)21-16(22-19(14)23)11-24-17-10-9-13-6-2-3-8-15(13)20-17/h2-10H,11H2,1H3,(H,21,22,23). The average molecular weight is 333 g/mol. The summed E-state index contributed by atoms with van der Waals surface area (Å²) in [6.07, 6.45) is 0. The largest absolute Gasteiger partial charge is 0.309 e. The molecule has 4 nitrogen and oxygen atoms in total. The number of para-hydroxylation sites is 2. The lowest BCUT2D eigenvalue weighted by Gasteiger charge is -2.05. The predicted molar refractivity (Wildman–Crippen MR) is 98.4 cm³/mol. The minimum absolute atomic E-state index is 0.0919. The van der Waals surface area contributed by atoms with Crippen molar-refractivity contribution < 1.29 is 0 Å². The third-order valence-corrected chi connectivity index (χ3v) is 4.86. The molecule has 2 aromatic heterocycles. The maximum absolute atomic E-state index is 12.2. The molecule has 2 heterocycles. The molecule has 0 saturated heterocycles. The van der Waals surface area contributed by atoms with E-state index in [9.17, 15) is 4.79 Å². The third-order valence-electron chi connectivity index (χ3n) is 3.92. The van der Waals surface area contributed by atoms with E-state index in [-0.39, 0.29) is 5.56 Å². The molecule has 0 aliphatic heterocycles. The molecule has 0 saturated carbocycles. The van der Waals surface area contributed by atoms with Gasteiger partial charge in [-0.15, -0.1) is 0 Å². The number of nitrogens with one attached hydrogen (secondary N) is 1. The Balaban J connectivity index is 1.64. The number of aromatic nitrogens is 3. The van der Waals surface area contributed by atoms with Crippen LogP contribution in [-0.4, -0.2) is 15.0 Å². The van der Waals surface area contributed by atoms with Crippen LogP contribution in [0.1, 0.15) is 11.4 Å². The fraction of sp³-hybridized carbons (Fsp3) is 0.105. The summed E-state index contributed by atoms with van der Waals surface area (Å²) < 4.78 is 0. The molecule has 0 fully saturated rings. The molecule has 0 aliphatic carbocycles. The maximum Gasteiger partial charge on any atom is 0.258 e. The highest BCUT2D eigenvalue weighted by Gasteiger charge is 2.07. The zero-order valence-corrected chi connectivity index (χ0v) is 13.9. The summed E-state index contributed by atoms with van der Waals surface area (Å²) in [5.41, 5.74) is 2.65. The van der Waals surface area contributed by atoms with E-state index in [0.29, 0.717) is 17.0 Å². The van der Waals surface area contributed by atoms with Crippen molar-refractivity contribution in [1.29, 1.82) is 0 Å². The van der Waals surface area contributed by atoms with Crippen LogP contribution in [0, 0.1) is 6.92 Å². The van der Waals surface area contributed by atoms with Gasteiger partial charge in [-0.25, -0.2) is 9.97 Å². The fourth-order valence-corrected chi connectivity index (χ4v) is 3.44. The summed E-state index contributed by atoms with van der Waals surface area (Å²) in [6.45, 7) is 1.97. The zero-order valence-electron chi connectivity index (χ0n) is 13.1. The second-order valence-electron chi connectivity index (χ2n) is 5.61. The highest BCUT2D eigenvalue weighted by molar-refractivity contribution is 7.98. The van der Waals surface area contributed by atoms with E-state index in [4.69, 9.17) is 0 Å². The molecular weight excluding hydrogens is 318 g/mol. The van der Waals surface area contributed by atoms with Gasteiger partial charge in [-0.2, -0.15) is 0 Å². The quantitative estimate of drug-likeness (QED) is 0.574. The number of nitrogens with zero attached hydrogens (tertiary/aromatic N) is 2. The first kappa shape index (κ1) is 14.9. The summed E-state index contributed by atoms with van der Waals surface area (Å²) in [4.78, 5) is 24.3. The lowest BCUT2D eigenvalue weighted by Crippen LogP contribution is -2.11. The molecule has 0 unspecified atom stereocenters. The first-order chi connectivity index (χ1) is 11.7. The van der Waals surface area contributed by atoms with Crippen LogP contribution in [-0.2, 0) is 5.75 Å². The first-order valence-electron chi connectivity index (χ1n) is 7.68. The van der Waals surface area contributed by atoms with Crippen LogP contribution in [0.15, 0.2) is 64.4 Å². The Hall–Kier alpha value is -2.66. The van der Waals surface area contributed by atoms with Gasteiger partial charge in [-0.05, 0) is 30.7 Å². The normalized spacial score (nSPS) is 11.2. The Morgan fingerprint density at radius 3 is 2.79 bits per heavy atom. The molecule has 0 aliphatic rings. The van der Waals surface area contributed by atoms with E-state index >= 15 is 0 Å². The number of thioether (sulfide) groups is 1. The van der Waals surface area contributed by atoms with Crippen molar-refractivity contribution in [2.75, 3.05) is 0 Å². The molecule has 0 atom stereocenters. The number of hydrogen-bond acceptors (Lipinski definition) is 4. The van der Waals surface area contributed by atoms with E-state index in [1.54, 1.807) is 17.8 Å². The van der Waals surface area contributed by atoms with Crippen LogP contribution < -0.4 is 5.56 Å². The van der Waals surface area contributed by atoms with E-state index < -0.39 is 0 Å². The van der Waals surface area contributed by atoms with Crippen LogP contribution in [0.2, 0.25) is 0 Å². The Kier molecular flexibility index (Phi) is 3.78. The summed E-state index contributed by atoms with van der Waals surface area (Å²) >= 11 is 1.57. The van der Waals surface area contributed by atoms with Crippen molar-refractivity contribution >= 4 is 33.6 Å². The van der Waals surface area contributed by atoms with Crippen molar-refractivity contribution in [3.8, 4) is 0 Å². The number of benzene rings is 2. The molecule has 24 heavy (non-hydrogen) atoms. The fourth-order valence-electron chi connectivity index (χ4n) is 2.69. The van der Waals surface area contributed by atoms with Gasteiger partial charge in [0, 0.05) is 5.39 Å². The Morgan fingerprint density at radius 1 is 1.00 bits per heavy atom. The van der Waals surface area contributed by atoms with Gasteiger partial charge < -0.3 is 4.98 Å². The first-order valence-corrected chi connectivity index (χ1v) is 8.66. The summed E-state index contributed by atoms with van der Waals surface area (Å²) in [5, 5.41) is 2.67. The van der Waals surface area contributed by atoms with E-state index in [1.165, 1.54) is 0 Å². The monoisotopic (exact) mass is 333 g/mol. The second-order valence-corrected chi connectivity index (χ2v) is 6.61. The minimum Gasteiger partial charge on any atom is -0.309 e. The smallest absolute Gasteiger partial charge is 0.258 e. The van der Waals surface area contributed by atoms with Crippen molar-refractivity contribution in [2.24, 2.45) is 0 Å². The Morgan fingerprint density at radius 2 is 1.88 bits per heavy atom. The van der Waals surface area contributed by atoms with E-state index in [1.807, 2.05) is 49.4 Å². The average Bonchev–Trinajstić information content (AvgIpc) is 2.61. The van der Waals surface area contributed by atoms with Crippen LogP contribution in [0.5, 0.6) is 0 Å². The van der Waals surface area contributed by atoms with Crippen LogP contribution >= 0.6 is 11.8 Å². The third kappa shape index (κ3) is 2.78. The molecule has 0 spiro atoms. The summed E-state index contributed by atoms with van der Waals surface area (Å²) in [7, 11) is 0. The second kappa shape index (κ2) is 6.09. The lowest BCUT2D eigenvalue weighted by atomic mass is 10.1. The number of pyridine rings is 1. The van der Waals surface area contributed by atoms with Crippen molar-refractivity contribution in [1.82, 2.24) is 15.0 Å². The number of aromatic amines is 1. The van der Waals surface area contributed by atoms with Gasteiger partial charge in [0.1, 0.15) is 5.82 Å². The number of fused-ring (bicyclic) bond motifs is 2. The van der Waals surface area contributed by atoms with Crippen LogP contribution in [0.3, 0.4) is 0 Å². The summed E-state index contributed by atoms with van der Waals surface area (Å²) in [5.74, 6) is 1.24. The van der Waals surface area contributed by atoms with Crippen molar-refractivity contribution in [3.63, 3.8) is 0 Å². The molecule has 5 heteroatoms. The molecule has 4 aromatic rings. The van der Waals surface area contributed by atoms with Gasteiger partial charge in [0.2, 0.25) is 0 Å². The Bertz CT molecular complexity index is 1100. The van der Waals surface area contributed by atoms with Crippen LogP contribution in [0.25, 0.3) is 21.8 Å². The van der Waals surface area contributed by atoms with Gasteiger partial charge in [0.15, 0.2) is 0 Å². The van der Waals surface area contributed by atoms with Gasteiger partial charge in [-0.3, -0.25) is 4.79 Å². The zero-order chi connectivity index (χ0) is 16.5. The highest BCUT2D eigenvalue weighted by Crippen LogP contribution is 2.23. The molecule has 2 aromatic carbocycles. The Labute approximate surface area is 143 Å². The van der Waals surface area contributed by atoms with Crippen molar-refractivity contribution in [2.45, 2.75) is 17.7 Å².